The number of fused-ring (bicyclic) bond motifs is 1. The minimum atomic E-state index is -0.894. The van der Waals surface area contributed by atoms with Crippen molar-refractivity contribution < 1.29 is 5.11 Å². The Bertz CT molecular complexity index is 1270. The number of aryl methyl sites for hydroxylation is 2. The highest BCUT2D eigenvalue weighted by Gasteiger charge is 2.23. The number of pyridine rings is 1. The number of para-hydroxylation sites is 1. The molecule has 0 amide bonds. The van der Waals surface area contributed by atoms with E-state index in [2.05, 4.69) is 40.0 Å². The van der Waals surface area contributed by atoms with Crippen molar-refractivity contribution >= 4 is 10.9 Å². The number of aliphatic hydroxyl groups excluding tert-OH is 1. The molecular weight excluding hydrogens is 386 g/mol. The Kier molecular flexibility index (Phi) is 5.81. The largest absolute Gasteiger partial charge is 0.374 e. The van der Waals surface area contributed by atoms with Gasteiger partial charge in [0.15, 0.2) is 0 Å². The molecule has 0 aliphatic carbocycles. The van der Waals surface area contributed by atoms with Gasteiger partial charge in [0.25, 0.3) is 5.56 Å². The van der Waals surface area contributed by atoms with Gasteiger partial charge >= 0.3 is 0 Å². The molecule has 5 nitrogen and oxygen atoms in total. The Hall–Kier alpha value is -3.15. The lowest BCUT2D eigenvalue weighted by molar-refractivity contribution is 0.137. The van der Waals surface area contributed by atoms with Gasteiger partial charge in [-0.15, -0.1) is 0 Å². The fourth-order valence-corrected chi connectivity index (χ4v) is 4.54. The third kappa shape index (κ3) is 3.94. The molecule has 2 unspecified atom stereocenters. The molecule has 2 aromatic heterocycles. The first-order chi connectivity index (χ1) is 14.9. The number of nitrogens with one attached hydrogen (secondary N) is 2. The highest BCUT2D eigenvalue weighted by molar-refractivity contribution is 5.86. The standard InChI is InChI=1S/C26H29N3O2/c1-16-14-17(2)28-25(30)22(16)15-27-26(31)24-19(4)29(23-13-9-8-12-21(23)24)18(3)20-10-6-5-7-11-20/h5-14,18,26-27,31H,15H2,1-4H3,(H,28,30). The first kappa shape index (κ1) is 21.1. The van der Waals surface area contributed by atoms with Crippen LogP contribution in [0, 0.1) is 20.8 Å². The van der Waals surface area contributed by atoms with Gasteiger partial charge in [0, 0.05) is 40.0 Å². The van der Waals surface area contributed by atoms with Crippen LogP contribution < -0.4 is 10.9 Å². The van der Waals surface area contributed by atoms with Crippen LogP contribution in [0.15, 0.2) is 65.5 Å². The Labute approximate surface area is 182 Å². The molecule has 2 atom stereocenters. The van der Waals surface area contributed by atoms with Crippen LogP contribution in [-0.2, 0) is 6.54 Å². The molecule has 0 aliphatic heterocycles. The van der Waals surface area contributed by atoms with Crippen LogP contribution in [-0.4, -0.2) is 14.7 Å². The average Bonchev–Trinajstić information content (AvgIpc) is 3.04. The summed E-state index contributed by atoms with van der Waals surface area (Å²) in [5.74, 6) is 0. The zero-order valence-electron chi connectivity index (χ0n) is 18.4. The maximum Gasteiger partial charge on any atom is 0.252 e. The normalized spacial score (nSPS) is 13.5. The molecule has 0 saturated heterocycles. The predicted molar refractivity (Wildman–Crippen MR) is 125 cm³/mol. The lowest BCUT2D eigenvalue weighted by Crippen LogP contribution is -2.26. The van der Waals surface area contributed by atoms with Crippen molar-refractivity contribution in [2.45, 2.75) is 46.5 Å². The number of nitrogens with zero attached hydrogens (tertiary/aromatic N) is 1. The maximum atomic E-state index is 12.4. The summed E-state index contributed by atoms with van der Waals surface area (Å²) in [6.45, 7) is 8.30. The first-order valence-corrected chi connectivity index (χ1v) is 10.6. The predicted octanol–water partition coefficient (Wildman–Crippen LogP) is 4.64. The minimum Gasteiger partial charge on any atom is -0.374 e. The van der Waals surface area contributed by atoms with Crippen LogP contribution >= 0.6 is 0 Å². The summed E-state index contributed by atoms with van der Waals surface area (Å²) in [6.07, 6.45) is -0.894. The van der Waals surface area contributed by atoms with E-state index < -0.39 is 6.23 Å². The van der Waals surface area contributed by atoms with Gasteiger partial charge in [-0.25, -0.2) is 0 Å². The van der Waals surface area contributed by atoms with Gasteiger partial charge in [-0.1, -0.05) is 48.5 Å². The number of aromatic nitrogens is 2. The van der Waals surface area contributed by atoms with Crippen molar-refractivity contribution in [1.82, 2.24) is 14.9 Å². The summed E-state index contributed by atoms with van der Waals surface area (Å²) in [4.78, 5) is 15.2. The molecule has 0 bridgehead atoms. The second-order valence-electron chi connectivity index (χ2n) is 8.20. The van der Waals surface area contributed by atoms with Crippen LogP contribution in [0.25, 0.3) is 10.9 Å². The molecule has 0 fully saturated rings. The van der Waals surface area contributed by atoms with Gasteiger partial charge < -0.3 is 14.7 Å². The van der Waals surface area contributed by atoms with E-state index in [1.54, 1.807) is 0 Å². The molecule has 2 heterocycles. The maximum absolute atomic E-state index is 12.4. The van der Waals surface area contributed by atoms with Crippen LogP contribution in [0.4, 0.5) is 0 Å². The topological polar surface area (TPSA) is 70.0 Å². The monoisotopic (exact) mass is 415 g/mol. The fraction of sp³-hybridized carbons (Fsp3) is 0.269. The van der Waals surface area contributed by atoms with Gasteiger partial charge in [0.1, 0.15) is 6.23 Å². The molecule has 4 aromatic rings. The number of hydrogen-bond acceptors (Lipinski definition) is 3. The average molecular weight is 416 g/mol. The number of benzene rings is 2. The number of aliphatic hydroxyl groups is 1. The van der Waals surface area contributed by atoms with Crippen molar-refractivity contribution in [3.63, 3.8) is 0 Å². The highest BCUT2D eigenvalue weighted by Crippen LogP contribution is 2.34. The number of rotatable bonds is 6. The highest BCUT2D eigenvalue weighted by atomic mass is 16.3. The molecule has 0 aliphatic rings. The third-order valence-corrected chi connectivity index (χ3v) is 6.11. The molecule has 3 N–H and O–H groups in total. The lowest BCUT2D eigenvalue weighted by Gasteiger charge is -2.19. The van der Waals surface area contributed by atoms with E-state index in [-0.39, 0.29) is 18.1 Å². The smallest absolute Gasteiger partial charge is 0.252 e. The van der Waals surface area contributed by atoms with Crippen molar-refractivity contribution in [2.24, 2.45) is 0 Å². The van der Waals surface area contributed by atoms with Gasteiger partial charge in [-0.05, 0) is 51.0 Å². The number of aromatic amines is 1. The number of hydrogen-bond donors (Lipinski definition) is 3. The van der Waals surface area contributed by atoms with E-state index in [0.717, 1.165) is 33.4 Å². The van der Waals surface area contributed by atoms with Crippen molar-refractivity contribution in [2.75, 3.05) is 0 Å². The third-order valence-electron chi connectivity index (χ3n) is 6.11. The summed E-state index contributed by atoms with van der Waals surface area (Å²) in [7, 11) is 0. The lowest BCUT2D eigenvalue weighted by atomic mass is 10.1. The summed E-state index contributed by atoms with van der Waals surface area (Å²) in [6, 6.07) is 20.6. The summed E-state index contributed by atoms with van der Waals surface area (Å²) in [5, 5.41) is 15.3. The summed E-state index contributed by atoms with van der Waals surface area (Å²) < 4.78 is 2.27. The molecule has 0 saturated carbocycles. The van der Waals surface area contributed by atoms with Gasteiger partial charge in [-0.3, -0.25) is 10.1 Å². The molecule has 0 spiro atoms. The molecule has 0 radical (unpaired) electrons. The molecular formula is C26H29N3O2. The van der Waals surface area contributed by atoms with E-state index in [1.807, 2.05) is 63.2 Å². The minimum absolute atomic E-state index is 0.117. The summed E-state index contributed by atoms with van der Waals surface area (Å²) >= 11 is 0. The van der Waals surface area contributed by atoms with E-state index in [0.29, 0.717) is 5.56 Å². The van der Waals surface area contributed by atoms with Crippen LogP contribution in [0.3, 0.4) is 0 Å². The molecule has 5 heteroatoms. The van der Waals surface area contributed by atoms with Gasteiger partial charge in [-0.2, -0.15) is 0 Å². The number of H-pyrrole nitrogens is 1. The van der Waals surface area contributed by atoms with Gasteiger partial charge in [0.05, 0.1) is 6.04 Å². The van der Waals surface area contributed by atoms with Gasteiger partial charge in [0.2, 0.25) is 0 Å². The Balaban J connectivity index is 1.71. The van der Waals surface area contributed by atoms with E-state index in [1.165, 1.54) is 5.56 Å². The zero-order chi connectivity index (χ0) is 22.1. The van der Waals surface area contributed by atoms with E-state index in [4.69, 9.17) is 0 Å². The van der Waals surface area contributed by atoms with Crippen molar-refractivity contribution in [3.05, 3.63) is 105 Å². The Morgan fingerprint density at radius 3 is 2.42 bits per heavy atom. The molecule has 31 heavy (non-hydrogen) atoms. The van der Waals surface area contributed by atoms with Crippen molar-refractivity contribution in [1.29, 1.82) is 0 Å². The van der Waals surface area contributed by atoms with E-state index in [9.17, 15) is 9.90 Å². The fourth-order valence-electron chi connectivity index (χ4n) is 4.54. The second kappa shape index (κ2) is 8.53. The Morgan fingerprint density at radius 1 is 1.03 bits per heavy atom. The second-order valence-corrected chi connectivity index (χ2v) is 8.20. The Morgan fingerprint density at radius 2 is 1.71 bits per heavy atom. The molecule has 4 rings (SSSR count). The quantitative estimate of drug-likeness (QED) is 0.402. The molecule has 160 valence electrons. The summed E-state index contributed by atoms with van der Waals surface area (Å²) in [5.41, 5.74) is 6.42. The molecule has 2 aromatic carbocycles. The van der Waals surface area contributed by atoms with Crippen molar-refractivity contribution in [3.8, 4) is 0 Å². The zero-order valence-corrected chi connectivity index (χ0v) is 18.4. The SMILES string of the molecule is Cc1cc(C)c(CNC(O)c2c(C)n(C(C)c3ccccc3)c3ccccc23)c(=O)[nH]1. The first-order valence-electron chi connectivity index (χ1n) is 10.6. The van der Waals surface area contributed by atoms with Crippen LogP contribution in [0.5, 0.6) is 0 Å². The van der Waals surface area contributed by atoms with Crippen LogP contribution in [0.2, 0.25) is 0 Å². The van der Waals surface area contributed by atoms with E-state index >= 15 is 0 Å². The van der Waals surface area contributed by atoms with Crippen LogP contribution in [0.1, 0.15) is 52.8 Å².